The molecule has 0 radical (unpaired) electrons. The summed E-state index contributed by atoms with van der Waals surface area (Å²) in [5.41, 5.74) is 0. The second kappa shape index (κ2) is 73.0. The highest BCUT2D eigenvalue weighted by atomic mass is 31.2. The van der Waals surface area contributed by atoms with Crippen LogP contribution < -0.4 is 0 Å². The Balaban J connectivity index is 5.20. The van der Waals surface area contributed by atoms with E-state index >= 15 is 0 Å². The SMILES string of the molecule is CCCCCCCCCCCCCCCCCCCCCCCC(=O)O[C@H](COC(=O)CCCCCCCCCCCCCCCCCC)COP(=O)(O)OC[C@@H](O)COP(=O)(O)OC[C@@H](COC(=O)CCCCCCCCC(C)C)OC(=O)CCCCCCCCCCCCCCC. The van der Waals surface area contributed by atoms with Crippen molar-refractivity contribution in [2.24, 2.45) is 5.92 Å². The van der Waals surface area contributed by atoms with Crippen molar-refractivity contribution in [3.8, 4) is 0 Å². The van der Waals surface area contributed by atoms with Crippen LogP contribution in [0, 0.1) is 5.92 Å². The van der Waals surface area contributed by atoms with Crippen LogP contribution in [0.2, 0.25) is 0 Å². The number of unbranched alkanes of at least 4 members (excludes halogenated alkanes) is 52. The highest BCUT2D eigenvalue weighted by Crippen LogP contribution is 2.45. The summed E-state index contributed by atoms with van der Waals surface area (Å²) >= 11 is 0. The van der Waals surface area contributed by atoms with Crippen molar-refractivity contribution in [1.29, 1.82) is 0 Å². The largest absolute Gasteiger partial charge is 0.472 e. The van der Waals surface area contributed by atoms with Crippen molar-refractivity contribution in [2.75, 3.05) is 39.6 Å². The number of rotatable bonds is 80. The number of aliphatic hydroxyl groups is 1. The van der Waals surface area contributed by atoms with Gasteiger partial charge in [0.05, 0.1) is 26.4 Å². The van der Waals surface area contributed by atoms with E-state index in [9.17, 15) is 43.2 Å². The van der Waals surface area contributed by atoms with E-state index in [0.717, 1.165) is 96.3 Å². The first-order valence-electron chi connectivity index (χ1n) is 41.6. The normalized spacial score (nSPS) is 13.9. The minimum absolute atomic E-state index is 0.107. The number of phosphoric acid groups is 2. The van der Waals surface area contributed by atoms with Gasteiger partial charge in [0.15, 0.2) is 12.2 Å². The fourth-order valence-corrected chi connectivity index (χ4v) is 14.0. The number of phosphoric ester groups is 2. The topological polar surface area (TPSA) is 237 Å². The predicted octanol–water partition coefficient (Wildman–Crippen LogP) is 24.0. The van der Waals surface area contributed by atoms with Gasteiger partial charge in [-0.05, 0) is 31.6 Å². The van der Waals surface area contributed by atoms with E-state index < -0.39 is 97.5 Å². The Bertz CT molecular complexity index is 1890. The summed E-state index contributed by atoms with van der Waals surface area (Å²) in [6.45, 7) is 7.24. The summed E-state index contributed by atoms with van der Waals surface area (Å²) in [5.74, 6) is -1.43. The van der Waals surface area contributed by atoms with Crippen LogP contribution in [0.3, 0.4) is 0 Å². The predicted molar refractivity (Wildman–Crippen MR) is 405 cm³/mol. The molecule has 0 fully saturated rings. The summed E-state index contributed by atoms with van der Waals surface area (Å²) in [6.07, 6.45) is 64.0. The molecule has 0 aliphatic rings. The molecule has 0 saturated carbocycles. The monoisotopic (exact) mass is 1450 g/mol. The third-order valence-electron chi connectivity index (χ3n) is 18.8. The van der Waals surface area contributed by atoms with Crippen LogP contribution in [0.5, 0.6) is 0 Å². The first-order valence-corrected chi connectivity index (χ1v) is 44.6. The van der Waals surface area contributed by atoms with Crippen LogP contribution in [0.4, 0.5) is 0 Å². The molecule has 0 aliphatic heterocycles. The summed E-state index contributed by atoms with van der Waals surface area (Å²) in [4.78, 5) is 72.9. The van der Waals surface area contributed by atoms with Crippen LogP contribution >= 0.6 is 15.6 Å². The molecule has 0 bridgehead atoms. The van der Waals surface area contributed by atoms with Gasteiger partial charge in [0.2, 0.25) is 0 Å². The Labute approximate surface area is 607 Å². The first kappa shape index (κ1) is 97.1. The van der Waals surface area contributed by atoms with Gasteiger partial charge in [0, 0.05) is 25.7 Å². The lowest BCUT2D eigenvalue weighted by atomic mass is 10.0. The third-order valence-corrected chi connectivity index (χ3v) is 20.7. The molecule has 5 atom stereocenters. The molecule has 0 heterocycles. The van der Waals surface area contributed by atoms with Crippen LogP contribution in [0.1, 0.15) is 426 Å². The molecule has 3 N–H and O–H groups in total. The molecular weight excluding hydrogens is 1290 g/mol. The van der Waals surface area contributed by atoms with Gasteiger partial charge < -0.3 is 33.8 Å². The minimum atomic E-state index is -4.96. The number of esters is 4. The maximum atomic E-state index is 13.1. The van der Waals surface area contributed by atoms with Gasteiger partial charge in [-0.3, -0.25) is 37.3 Å². The molecule has 19 heteroatoms. The number of hydrogen-bond donors (Lipinski definition) is 3. The lowest BCUT2D eigenvalue weighted by Gasteiger charge is -2.21. The molecule has 99 heavy (non-hydrogen) atoms. The smallest absolute Gasteiger partial charge is 0.462 e. The van der Waals surface area contributed by atoms with E-state index in [1.54, 1.807) is 0 Å². The lowest BCUT2D eigenvalue weighted by Crippen LogP contribution is -2.30. The Morgan fingerprint density at radius 3 is 0.687 bits per heavy atom. The molecule has 17 nitrogen and oxygen atoms in total. The van der Waals surface area contributed by atoms with Crippen molar-refractivity contribution >= 4 is 39.5 Å². The Hall–Kier alpha value is -1.94. The van der Waals surface area contributed by atoms with Gasteiger partial charge in [-0.2, -0.15) is 0 Å². The Kier molecular flexibility index (Phi) is 71.6. The lowest BCUT2D eigenvalue weighted by molar-refractivity contribution is -0.161. The minimum Gasteiger partial charge on any atom is -0.462 e. The molecule has 0 aromatic rings. The van der Waals surface area contributed by atoms with E-state index in [0.29, 0.717) is 31.6 Å². The van der Waals surface area contributed by atoms with Crippen molar-refractivity contribution < 1.29 is 80.2 Å². The van der Waals surface area contributed by atoms with E-state index in [-0.39, 0.29) is 25.7 Å². The number of carbonyl (C=O) groups excluding carboxylic acids is 4. The van der Waals surface area contributed by atoms with Crippen molar-refractivity contribution in [3.05, 3.63) is 0 Å². The zero-order chi connectivity index (χ0) is 72.7. The van der Waals surface area contributed by atoms with Crippen molar-refractivity contribution in [3.63, 3.8) is 0 Å². The van der Waals surface area contributed by atoms with Crippen molar-refractivity contribution in [2.45, 2.75) is 445 Å². The van der Waals surface area contributed by atoms with E-state index in [1.165, 1.54) is 244 Å². The fraction of sp³-hybridized carbons (Fsp3) is 0.950. The van der Waals surface area contributed by atoms with Crippen LogP contribution in [-0.4, -0.2) is 96.7 Å². The standard InChI is InChI=1S/C80H156O17P2/c1-6-9-12-15-18-21-24-27-29-31-32-33-34-35-37-40-43-46-49-56-61-66-79(84)96-75(69-90-77(82)63-58-53-47-44-41-39-36-30-28-25-22-19-16-13-10-7-2)71-94-98(86,87)92-67-74(81)68-93-99(88,89)95-72-76(70-91-78(83)64-59-54-51-50-52-57-62-73(4)5)97-80(85)65-60-55-48-45-42-38-26-23-20-17-14-11-8-3/h73-76,81H,6-72H2,1-5H3,(H,86,87)(H,88,89)/t74-,75-,76-/m1/s1. The molecule has 0 aromatic carbocycles. The van der Waals surface area contributed by atoms with Gasteiger partial charge in [0.1, 0.15) is 19.3 Å². The fourth-order valence-electron chi connectivity index (χ4n) is 12.4. The van der Waals surface area contributed by atoms with E-state index in [1.807, 2.05) is 0 Å². The van der Waals surface area contributed by atoms with Gasteiger partial charge in [0.25, 0.3) is 0 Å². The van der Waals surface area contributed by atoms with Gasteiger partial charge in [-0.1, -0.05) is 375 Å². The quantitative estimate of drug-likeness (QED) is 0.0222. The van der Waals surface area contributed by atoms with E-state index in [4.69, 9.17) is 37.0 Å². The van der Waals surface area contributed by atoms with E-state index in [2.05, 4.69) is 34.6 Å². The zero-order valence-corrected chi connectivity index (χ0v) is 66.4. The maximum absolute atomic E-state index is 13.1. The summed E-state index contributed by atoms with van der Waals surface area (Å²) < 4.78 is 68.6. The average molecular weight is 1450 g/mol. The first-order chi connectivity index (χ1) is 48.0. The number of aliphatic hydroxyl groups excluding tert-OH is 1. The summed E-state index contributed by atoms with van der Waals surface area (Å²) in [6, 6.07) is 0. The number of ether oxygens (including phenoxy) is 4. The zero-order valence-electron chi connectivity index (χ0n) is 64.6. The van der Waals surface area contributed by atoms with Gasteiger partial charge in [-0.25, -0.2) is 9.13 Å². The van der Waals surface area contributed by atoms with Crippen LogP contribution in [-0.2, 0) is 65.4 Å². The Morgan fingerprint density at radius 2 is 0.465 bits per heavy atom. The molecule has 588 valence electrons. The van der Waals surface area contributed by atoms with Gasteiger partial charge >= 0.3 is 39.5 Å². The van der Waals surface area contributed by atoms with Crippen molar-refractivity contribution in [1.82, 2.24) is 0 Å². The number of hydrogen-bond acceptors (Lipinski definition) is 15. The molecule has 0 rings (SSSR count). The summed E-state index contributed by atoms with van der Waals surface area (Å²) in [7, 11) is -9.91. The highest BCUT2D eigenvalue weighted by Gasteiger charge is 2.30. The molecule has 2 unspecified atom stereocenters. The molecular formula is C80H156O17P2. The molecule has 0 saturated heterocycles. The number of carbonyl (C=O) groups is 4. The second-order valence-corrected chi connectivity index (χ2v) is 32.2. The Morgan fingerprint density at radius 1 is 0.273 bits per heavy atom. The summed E-state index contributed by atoms with van der Waals surface area (Å²) in [5, 5.41) is 10.6. The molecule has 0 amide bonds. The third kappa shape index (κ3) is 74.1. The van der Waals surface area contributed by atoms with Crippen LogP contribution in [0.15, 0.2) is 0 Å². The van der Waals surface area contributed by atoms with Gasteiger partial charge in [-0.15, -0.1) is 0 Å². The molecule has 0 spiro atoms. The second-order valence-electron chi connectivity index (χ2n) is 29.3. The average Bonchev–Trinajstić information content (AvgIpc) is 0.954. The van der Waals surface area contributed by atoms with Crippen LogP contribution in [0.25, 0.3) is 0 Å². The maximum Gasteiger partial charge on any atom is 0.472 e. The highest BCUT2D eigenvalue weighted by molar-refractivity contribution is 7.47. The molecule has 0 aliphatic carbocycles. The molecule has 0 aromatic heterocycles.